The van der Waals surface area contributed by atoms with E-state index in [1.807, 2.05) is 0 Å². The second-order valence-corrected chi connectivity index (χ2v) is 11.0. The molecule has 1 heterocycles. The third kappa shape index (κ3) is 6.29. The first-order valence-corrected chi connectivity index (χ1v) is 13.6. The van der Waals surface area contributed by atoms with E-state index < -0.39 is 31.8 Å². The average Bonchev–Trinajstić information content (AvgIpc) is 2.89. The van der Waals surface area contributed by atoms with Crippen LogP contribution in [0, 0.1) is 0 Å². The van der Waals surface area contributed by atoms with Crippen LogP contribution >= 0.6 is 0 Å². The van der Waals surface area contributed by atoms with Crippen molar-refractivity contribution in [3.63, 3.8) is 0 Å². The van der Waals surface area contributed by atoms with Crippen molar-refractivity contribution in [2.45, 2.75) is 9.79 Å². The molecule has 4 aromatic rings. The van der Waals surface area contributed by atoms with E-state index in [0.717, 1.165) is 6.07 Å². The Labute approximate surface area is 217 Å². The van der Waals surface area contributed by atoms with Gasteiger partial charge in [-0.15, -0.1) is 0 Å². The van der Waals surface area contributed by atoms with Crippen LogP contribution in [0.5, 0.6) is 5.75 Å². The number of phenols is 1. The monoisotopic (exact) mass is 553 g/mol. The van der Waals surface area contributed by atoms with Gasteiger partial charge in [-0.25, -0.2) is 26.6 Å². The van der Waals surface area contributed by atoms with Gasteiger partial charge in [-0.3, -0.25) is 9.44 Å². The Morgan fingerprint density at radius 3 is 1.92 bits per heavy atom. The number of benzene rings is 3. The molecule has 0 aliphatic rings. The summed E-state index contributed by atoms with van der Waals surface area (Å²) in [6.45, 7) is 0. The molecule has 0 amide bonds. The quantitative estimate of drug-likeness (QED) is 0.218. The van der Waals surface area contributed by atoms with Gasteiger partial charge in [0, 0.05) is 11.9 Å². The van der Waals surface area contributed by atoms with E-state index in [-0.39, 0.29) is 32.5 Å². The maximum atomic E-state index is 12.8. The molecule has 0 unspecified atom stereocenters. The Morgan fingerprint density at radius 1 is 0.737 bits per heavy atom. The molecule has 0 radical (unpaired) electrons. The lowest BCUT2D eigenvalue weighted by molar-refractivity contribution is 0.0693. The number of aromatic nitrogens is 1. The highest BCUT2D eigenvalue weighted by Crippen LogP contribution is 2.26. The summed E-state index contributed by atoms with van der Waals surface area (Å²) < 4.78 is 55.3. The van der Waals surface area contributed by atoms with Crippen molar-refractivity contribution in [1.29, 1.82) is 0 Å². The van der Waals surface area contributed by atoms with Gasteiger partial charge in [0.1, 0.15) is 17.1 Å². The van der Waals surface area contributed by atoms with Gasteiger partial charge in [0.15, 0.2) is 0 Å². The van der Waals surface area contributed by atoms with Gasteiger partial charge in [0.2, 0.25) is 0 Å². The molecule has 0 fully saturated rings. The summed E-state index contributed by atoms with van der Waals surface area (Å²) in [5.41, 5.74) is 0.291. The number of hydrogen-bond acceptors (Lipinski definition) is 9. The first-order chi connectivity index (χ1) is 18.0. The highest BCUT2D eigenvalue weighted by atomic mass is 32.2. The minimum absolute atomic E-state index is 0.0788. The van der Waals surface area contributed by atoms with Gasteiger partial charge >= 0.3 is 5.97 Å². The number of aromatic hydroxyl groups is 1. The van der Waals surface area contributed by atoms with Crippen LogP contribution in [0.3, 0.4) is 0 Å². The maximum Gasteiger partial charge on any atom is 0.339 e. The lowest BCUT2D eigenvalue weighted by Crippen LogP contribution is -2.15. The minimum atomic E-state index is -4.00. The zero-order chi connectivity index (χ0) is 27.3. The molecule has 1 aromatic heterocycles. The third-order valence-electron chi connectivity index (χ3n) is 4.96. The Bertz CT molecular complexity index is 1710. The molecule has 0 aliphatic carbocycles. The van der Waals surface area contributed by atoms with Crippen molar-refractivity contribution >= 4 is 48.9 Å². The van der Waals surface area contributed by atoms with Crippen LogP contribution in [-0.4, -0.2) is 38.0 Å². The number of carboxylic acid groups (broad SMARTS) is 1. The number of pyridine rings is 1. The van der Waals surface area contributed by atoms with Gasteiger partial charge in [-0.05, 0) is 78.9 Å². The number of aromatic carboxylic acids is 1. The SMILES string of the molecule is O=C(O)c1cc(N=Nc2ccc(S(=O)(=O)Nc3ccc(S(=O)(=O)Nc4ccccn4)cc3)cc2)ccc1O. The summed E-state index contributed by atoms with van der Waals surface area (Å²) in [5.74, 6) is -1.58. The topological polar surface area (TPSA) is 187 Å². The number of nitrogens with zero attached hydrogens (tertiary/aromatic N) is 3. The van der Waals surface area contributed by atoms with E-state index in [1.54, 1.807) is 12.1 Å². The van der Waals surface area contributed by atoms with Crippen molar-refractivity contribution in [3.8, 4) is 5.75 Å². The maximum absolute atomic E-state index is 12.8. The Kier molecular flexibility index (Phi) is 7.36. The highest BCUT2D eigenvalue weighted by Gasteiger charge is 2.17. The zero-order valence-electron chi connectivity index (χ0n) is 19.3. The molecule has 38 heavy (non-hydrogen) atoms. The van der Waals surface area contributed by atoms with Gasteiger partial charge in [0.05, 0.1) is 21.2 Å². The fourth-order valence-electron chi connectivity index (χ4n) is 3.10. The van der Waals surface area contributed by atoms with Crippen molar-refractivity contribution in [3.05, 3.63) is 96.7 Å². The molecule has 0 atom stereocenters. The van der Waals surface area contributed by atoms with Crippen LogP contribution in [0.2, 0.25) is 0 Å². The lowest BCUT2D eigenvalue weighted by atomic mass is 10.2. The van der Waals surface area contributed by atoms with Crippen LogP contribution in [-0.2, 0) is 20.0 Å². The summed E-state index contributed by atoms with van der Waals surface area (Å²) in [5, 5.41) is 26.5. The van der Waals surface area contributed by atoms with Crippen LogP contribution in [0.1, 0.15) is 10.4 Å². The van der Waals surface area contributed by atoms with Crippen molar-refractivity contribution in [2.75, 3.05) is 9.44 Å². The normalized spacial score (nSPS) is 11.8. The molecule has 0 spiro atoms. The summed E-state index contributed by atoms with van der Waals surface area (Å²) in [7, 11) is -7.92. The number of carbonyl (C=O) groups is 1. The highest BCUT2D eigenvalue weighted by molar-refractivity contribution is 7.93. The predicted octanol–water partition coefficient (Wildman–Crippen LogP) is 4.50. The smallest absolute Gasteiger partial charge is 0.339 e. The number of nitrogens with one attached hydrogen (secondary N) is 2. The first kappa shape index (κ1) is 26.2. The summed E-state index contributed by atoms with van der Waals surface area (Å²) in [6.07, 6.45) is 1.44. The number of azo groups is 1. The molecule has 0 bridgehead atoms. The number of rotatable bonds is 9. The van der Waals surface area contributed by atoms with E-state index in [9.17, 15) is 26.7 Å². The van der Waals surface area contributed by atoms with E-state index in [2.05, 4.69) is 24.7 Å². The zero-order valence-corrected chi connectivity index (χ0v) is 20.9. The largest absolute Gasteiger partial charge is 0.507 e. The Balaban J connectivity index is 1.44. The molecule has 0 aliphatic heterocycles. The van der Waals surface area contributed by atoms with Crippen molar-refractivity contribution < 1.29 is 31.8 Å². The van der Waals surface area contributed by atoms with Crippen molar-refractivity contribution in [1.82, 2.24) is 4.98 Å². The third-order valence-corrected chi connectivity index (χ3v) is 7.73. The van der Waals surface area contributed by atoms with Gasteiger partial charge in [-0.1, -0.05) is 6.07 Å². The summed E-state index contributed by atoms with van der Waals surface area (Å²) in [4.78, 5) is 14.9. The molecule has 12 nitrogen and oxygen atoms in total. The number of hydrogen-bond donors (Lipinski definition) is 4. The van der Waals surface area contributed by atoms with Crippen LogP contribution in [0.25, 0.3) is 0 Å². The van der Waals surface area contributed by atoms with Crippen molar-refractivity contribution in [2.24, 2.45) is 10.2 Å². The molecule has 194 valence electrons. The Morgan fingerprint density at radius 2 is 1.32 bits per heavy atom. The van der Waals surface area contributed by atoms with Crippen LogP contribution in [0.15, 0.2) is 111 Å². The van der Waals surface area contributed by atoms with E-state index in [0.29, 0.717) is 5.69 Å². The van der Waals surface area contributed by atoms with E-state index in [1.165, 1.54) is 72.9 Å². The van der Waals surface area contributed by atoms with Gasteiger partial charge in [-0.2, -0.15) is 10.2 Å². The molecule has 4 N–H and O–H groups in total. The first-order valence-electron chi connectivity index (χ1n) is 10.7. The molecular formula is C24H19N5O7S2. The van der Waals surface area contributed by atoms with Gasteiger partial charge < -0.3 is 10.2 Å². The molecule has 14 heteroatoms. The molecular weight excluding hydrogens is 534 g/mol. The fourth-order valence-corrected chi connectivity index (χ4v) is 5.17. The van der Waals surface area contributed by atoms with E-state index >= 15 is 0 Å². The molecule has 4 rings (SSSR count). The molecule has 3 aromatic carbocycles. The van der Waals surface area contributed by atoms with Crippen LogP contribution < -0.4 is 9.44 Å². The minimum Gasteiger partial charge on any atom is -0.507 e. The fraction of sp³-hybridized carbons (Fsp3) is 0. The predicted molar refractivity (Wildman–Crippen MR) is 138 cm³/mol. The second-order valence-electron chi connectivity index (χ2n) is 7.65. The van der Waals surface area contributed by atoms with E-state index in [4.69, 9.17) is 5.11 Å². The molecule has 0 saturated carbocycles. The summed E-state index contributed by atoms with van der Waals surface area (Å²) >= 11 is 0. The lowest BCUT2D eigenvalue weighted by Gasteiger charge is -2.10. The molecule has 0 saturated heterocycles. The number of carboxylic acids is 1. The standard InChI is InChI=1S/C24H19N5O7S2/c30-22-13-8-18(15-21(22)24(31)32)27-26-16-4-9-19(10-5-16)37(33,34)28-17-6-11-20(12-7-17)38(35,36)29-23-3-1-2-14-25-23/h1-15,28,30H,(H,25,29)(H,31,32). The average molecular weight is 554 g/mol. The number of anilines is 2. The number of sulfonamides is 2. The van der Waals surface area contributed by atoms with Crippen LogP contribution in [0.4, 0.5) is 22.9 Å². The summed E-state index contributed by atoms with van der Waals surface area (Å²) in [6, 6.07) is 19.0. The van der Waals surface area contributed by atoms with Gasteiger partial charge in [0.25, 0.3) is 20.0 Å². The second kappa shape index (κ2) is 10.7. The Hall–Kier alpha value is -4.82.